The average molecular weight is 358 g/mol. The van der Waals surface area contributed by atoms with E-state index in [0.717, 1.165) is 0 Å². The third-order valence-electron chi connectivity index (χ3n) is 3.06. The molecule has 0 radical (unpaired) electrons. The normalized spacial score (nSPS) is 9.62. The zero-order chi connectivity index (χ0) is 18.9. The number of aromatic nitrogens is 1. The summed E-state index contributed by atoms with van der Waals surface area (Å²) in [4.78, 5) is 26.6. The molecule has 2 N–H and O–H groups in total. The smallest absolute Gasteiger partial charge is 0.325 e. The van der Waals surface area contributed by atoms with Gasteiger partial charge in [-0.25, -0.2) is 9.37 Å². The van der Waals surface area contributed by atoms with Gasteiger partial charge in [-0.05, 0) is 30.3 Å². The summed E-state index contributed by atoms with van der Waals surface area (Å²) in [6, 6.07) is 6.77. The van der Waals surface area contributed by atoms with Gasteiger partial charge in [0.1, 0.15) is 30.5 Å². The highest BCUT2D eigenvalue weighted by molar-refractivity contribution is 5.96. The van der Waals surface area contributed by atoms with Gasteiger partial charge in [0.05, 0.1) is 7.11 Å². The minimum atomic E-state index is -0.716. The lowest BCUT2D eigenvalue weighted by atomic mass is 10.2. The number of ether oxygens (including phenoxy) is 2. The van der Waals surface area contributed by atoms with Crippen molar-refractivity contribution in [3.05, 3.63) is 53.6 Å². The second-order valence-corrected chi connectivity index (χ2v) is 4.89. The number of aromatic hydroxyl groups is 1. The lowest BCUT2D eigenvalue weighted by Gasteiger charge is -2.05. The van der Waals surface area contributed by atoms with Crippen molar-refractivity contribution in [2.45, 2.75) is 0 Å². The van der Waals surface area contributed by atoms with Gasteiger partial charge in [-0.3, -0.25) is 9.59 Å². The number of esters is 1. The van der Waals surface area contributed by atoms with Crippen molar-refractivity contribution >= 4 is 11.9 Å². The Hall–Kier alpha value is -3.60. The lowest BCUT2D eigenvalue weighted by molar-refractivity contribution is -0.139. The molecule has 0 aliphatic heterocycles. The van der Waals surface area contributed by atoms with Crippen LogP contribution in [0.5, 0.6) is 11.5 Å². The van der Waals surface area contributed by atoms with Crippen LogP contribution in [-0.4, -0.2) is 42.2 Å². The number of hydrogen-bond acceptors (Lipinski definition) is 6. The predicted octanol–water partition coefficient (Wildman–Crippen LogP) is 1.26. The summed E-state index contributed by atoms with van der Waals surface area (Å²) in [6.45, 7) is -0.285. The van der Waals surface area contributed by atoms with Gasteiger partial charge < -0.3 is 19.9 Å². The van der Waals surface area contributed by atoms with Crippen molar-refractivity contribution in [1.82, 2.24) is 10.3 Å². The highest BCUT2D eigenvalue weighted by atomic mass is 19.1. The monoisotopic (exact) mass is 358 g/mol. The first kappa shape index (κ1) is 18.7. The maximum absolute atomic E-state index is 12.8. The number of amides is 1. The summed E-state index contributed by atoms with van der Waals surface area (Å²) in [5, 5.41) is 12.1. The molecular formula is C18H15FN2O5. The molecule has 0 atom stereocenters. The minimum absolute atomic E-state index is 0.0494. The number of halogens is 1. The fourth-order valence-electron chi connectivity index (χ4n) is 1.79. The van der Waals surface area contributed by atoms with Crippen molar-refractivity contribution in [3.63, 3.8) is 0 Å². The third-order valence-corrected chi connectivity index (χ3v) is 3.06. The van der Waals surface area contributed by atoms with Crippen LogP contribution < -0.4 is 10.1 Å². The summed E-state index contributed by atoms with van der Waals surface area (Å²) in [6.07, 6.45) is 1.30. The molecule has 0 bridgehead atoms. The maximum atomic E-state index is 12.8. The Morgan fingerprint density at radius 1 is 1.31 bits per heavy atom. The molecule has 1 amide bonds. The average Bonchev–Trinajstić information content (AvgIpc) is 2.64. The molecule has 1 heterocycles. The molecule has 0 unspecified atom stereocenters. The Morgan fingerprint density at radius 2 is 2.04 bits per heavy atom. The van der Waals surface area contributed by atoms with Gasteiger partial charge in [0.2, 0.25) is 0 Å². The van der Waals surface area contributed by atoms with Gasteiger partial charge in [0.25, 0.3) is 5.91 Å². The Kier molecular flexibility index (Phi) is 6.51. The van der Waals surface area contributed by atoms with Gasteiger partial charge in [-0.15, -0.1) is 0 Å². The van der Waals surface area contributed by atoms with Gasteiger partial charge in [0.15, 0.2) is 5.69 Å². The van der Waals surface area contributed by atoms with Crippen LogP contribution >= 0.6 is 0 Å². The fraction of sp³-hybridized carbons (Fsp3) is 0.167. The molecule has 2 rings (SSSR count). The van der Waals surface area contributed by atoms with E-state index in [-0.39, 0.29) is 30.4 Å². The molecule has 8 heteroatoms. The summed E-state index contributed by atoms with van der Waals surface area (Å²) in [5.41, 5.74) is 0.136. The number of benzene rings is 1. The second kappa shape index (κ2) is 9.03. The second-order valence-electron chi connectivity index (χ2n) is 4.89. The number of nitrogens with zero attached hydrogens (tertiary/aromatic N) is 1. The predicted molar refractivity (Wildman–Crippen MR) is 89.0 cm³/mol. The number of hydrogen-bond donors (Lipinski definition) is 2. The van der Waals surface area contributed by atoms with Crippen LogP contribution in [0.25, 0.3) is 0 Å². The van der Waals surface area contributed by atoms with E-state index in [1.807, 2.05) is 0 Å². The molecule has 0 saturated heterocycles. The van der Waals surface area contributed by atoms with E-state index < -0.39 is 11.9 Å². The first-order valence-corrected chi connectivity index (χ1v) is 7.41. The lowest BCUT2D eigenvalue weighted by Crippen LogP contribution is -2.30. The van der Waals surface area contributed by atoms with E-state index in [2.05, 4.69) is 26.9 Å². The highest BCUT2D eigenvalue weighted by Crippen LogP contribution is 2.15. The van der Waals surface area contributed by atoms with Gasteiger partial charge in [-0.1, -0.05) is 11.8 Å². The SMILES string of the molecule is COC(=O)CNC(=O)c1ncc(C#CCOc2ccc(F)cc2)cc1O. The standard InChI is InChI=1S/C18H15FN2O5/c1-25-16(23)11-21-18(24)17-15(22)9-12(10-20-17)3-2-8-26-14-6-4-13(19)5-7-14/h4-7,9-10,22H,8,11H2,1H3,(H,21,24). The van der Waals surface area contributed by atoms with Crippen molar-refractivity contribution in [3.8, 4) is 23.3 Å². The number of pyridine rings is 1. The van der Waals surface area contributed by atoms with Crippen LogP contribution in [0.15, 0.2) is 36.5 Å². The molecule has 1 aromatic carbocycles. The van der Waals surface area contributed by atoms with Crippen molar-refractivity contribution in [2.75, 3.05) is 20.3 Å². The molecule has 7 nitrogen and oxygen atoms in total. The van der Waals surface area contributed by atoms with E-state index in [1.165, 1.54) is 43.6 Å². The molecule has 0 fully saturated rings. The van der Waals surface area contributed by atoms with Gasteiger partial charge >= 0.3 is 5.97 Å². The molecule has 0 aliphatic rings. The molecule has 1 aromatic heterocycles. The molecular weight excluding hydrogens is 343 g/mol. The molecule has 26 heavy (non-hydrogen) atoms. The topological polar surface area (TPSA) is 97.8 Å². The zero-order valence-electron chi connectivity index (χ0n) is 13.8. The van der Waals surface area contributed by atoms with Gasteiger partial charge in [0, 0.05) is 11.8 Å². The van der Waals surface area contributed by atoms with E-state index in [4.69, 9.17) is 4.74 Å². The molecule has 134 valence electrons. The third kappa shape index (κ3) is 5.49. The van der Waals surface area contributed by atoms with Crippen LogP contribution in [0, 0.1) is 17.7 Å². The number of carbonyl (C=O) groups is 2. The zero-order valence-corrected chi connectivity index (χ0v) is 13.8. The number of rotatable bonds is 5. The number of nitrogens with one attached hydrogen (secondary N) is 1. The Balaban J connectivity index is 1.93. The summed E-state index contributed by atoms with van der Waals surface area (Å²) in [5.74, 6) is 3.82. The Bertz CT molecular complexity index is 856. The first-order chi connectivity index (χ1) is 12.5. The molecule has 0 saturated carbocycles. The minimum Gasteiger partial charge on any atom is -0.505 e. The van der Waals surface area contributed by atoms with Crippen LogP contribution in [0.1, 0.15) is 16.1 Å². The molecule has 0 spiro atoms. The van der Waals surface area contributed by atoms with Gasteiger partial charge in [-0.2, -0.15) is 0 Å². The van der Waals surface area contributed by atoms with E-state index in [0.29, 0.717) is 11.3 Å². The van der Waals surface area contributed by atoms with Crippen molar-refractivity contribution < 1.29 is 28.6 Å². The van der Waals surface area contributed by atoms with Crippen LogP contribution in [0.3, 0.4) is 0 Å². The van der Waals surface area contributed by atoms with E-state index in [1.54, 1.807) is 0 Å². The summed E-state index contributed by atoms with van der Waals surface area (Å²) < 4.78 is 22.5. The molecule has 2 aromatic rings. The van der Waals surface area contributed by atoms with Crippen LogP contribution in [-0.2, 0) is 9.53 Å². The largest absolute Gasteiger partial charge is 0.505 e. The van der Waals surface area contributed by atoms with E-state index >= 15 is 0 Å². The Morgan fingerprint density at radius 3 is 2.69 bits per heavy atom. The summed E-state index contributed by atoms with van der Waals surface area (Å²) in [7, 11) is 1.19. The highest BCUT2D eigenvalue weighted by Gasteiger charge is 2.14. The quantitative estimate of drug-likeness (QED) is 0.617. The van der Waals surface area contributed by atoms with Crippen molar-refractivity contribution in [2.24, 2.45) is 0 Å². The first-order valence-electron chi connectivity index (χ1n) is 7.41. The number of carbonyl (C=O) groups excluding carboxylic acids is 2. The number of methoxy groups -OCH3 is 1. The fourth-order valence-corrected chi connectivity index (χ4v) is 1.79. The van der Waals surface area contributed by atoms with E-state index in [9.17, 15) is 19.1 Å². The summed E-state index contributed by atoms with van der Waals surface area (Å²) >= 11 is 0. The van der Waals surface area contributed by atoms with Crippen LogP contribution in [0.4, 0.5) is 4.39 Å². The molecule has 0 aliphatic carbocycles. The maximum Gasteiger partial charge on any atom is 0.325 e. The Labute approximate surface area is 148 Å². The van der Waals surface area contributed by atoms with Crippen molar-refractivity contribution in [1.29, 1.82) is 0 Å². The van der Waals surface area contributed by atoms with Crippen LogP contribution in [0.2, 0.25) is 0 Å².